The van der Waals surface area contributed by atoms with E-state index < -0.39 is 11.9 Å². The molecule has 0 spiro atoms. The number of aliphatic carboxylic acids is 1. The van der Waals surface area contributed by atoms with Crippen LogP contribution < -0.4 is 0 Å². The van der Waals surface area contributed by atoms with Gasteiger partial charge in [0.1, 0.15) is 0 Å². The molecule has 0 fully saturated rings. The fraction of sp³-hybridized carbons (Fsp3) is 0.714. The third kappa shape index (κ3) is 7.01. The highest BCUT2D eigenvalue weighted by atomic mass is 17.1. The smallest absolute Gasteiger partial charge is 0.342 e. The van der Waals surface area contributed by atoms with Crippen LogP contribution in [0.1, 0.15) is 32.1 Å². The van der Waals surface area contributed by atoms with E-state index in [-0.39, 0.29) is 12.8 Å². The van der Waals surface area contributed by atoms with E-state index in [1.54, 1.807) is 0 Å². The molecule has 0 unspecified atom stereocenters. The Morgan fingerprint density at radius 3 is 2.17 bits per heavy atom. The zero-order chi connectivity index (χ0) is 9.40. The lowest BCUT2D eigenvalue weighted by Crippen LogP contribution is -2.00. The van der Waals surface area contributed by atoms with Gasteiger partial charge in [0.15, 0.2) is 0 Å². The van der Waals surface area contributed by atoms with Crippen LogP contribution in [0.25, 0.3) is 0 Å². The fourth-order valence-corrected chi connectivity index (χ4v) is 0.768. The van der Waals surface area contributed by atoms with Gasteiger partial charge in [-0.1, -0.05) is 6.42 Å². The zero-order valence-electron chi connectivity index (χ0n) is 6.65. The lowest BCUT2D eigenvalue weighted by molar-refractivity contribution is -0.234. The van der Waals surface area contributed by atoms with Gasteiger partial charge in [0, 0.05) is 12.8 Å². The van der Waals surface area contributed by atoms with Crippen LogP contribution in [0.2, 0.25) is 0 Å². The highest BCUT2D eigenvalue weighted by Crippen LogP contribution is 2.03. The predicted octanol–water partition coefficient (Wildman–Crippen LogP) is 1.04. The van der Waals surface area contributed by atoms with Crippen molar-refractivity contribution in [1.82, 2.24) is 0 Å². The minimum atomic E-state index is -0.834. The molecule has 0 aliphatic carbocycles. The van der Waals surface area contributed by atoms with Crippen molar-refractivity contribution in [2.24, 2.45) is 0 Å². The molecule has 0 aliphatic heterocycles. The van der Waals surface area contributed by atoms with Crippen molar-refractivity contribution < 1.29 is 24.8 Å². The second kappa shape index (κ2) is 6.60. The van der Waals surface area contributed by atoms with Crippen molar-refractivity contribution in [3.05, 3.63) is 0 Å². The Bertz CT molecular complexity index is 154. The molecule has 0 heterocycles. The first-order valence-corrected chi connectivity index (χ1v) is 3.73. The number of hydrogen-bond donors (Lipinski definition) is 2. The van der Waals surface area contributed by atoms with Crippen molar-refractivity contribution in [1.29, 1.82) is 0 Å². The number of carbonyl (C=O) groups excluding carboxylic acids is 1. The summed E-state index contributed by atoms with van der Waals surface area (Å²) >= 11 is 0. The van der Waals surface area contributed by atoms with Gasteiger partial charge in [-0.15, -0.1) is 0 Å². The van der Waals surface area contributed by atoms with Gasteiger partial charge in [0.05, 0.1) is 0 Å². The molecule has 0 rings (SSSR count). The van der Waals surface area contributed by atoms with Gasteiger partial charge >= 0.3 is 11.9 Å². The van der Waals surface area contributed by atoms with Gasteiger partial charge in [0.2, 0.25) is 0 Å². The van der Waals surface area contributed by atoms with Gasteiger partial charge in [-0.05, 0) is 12.8 Å². The Labute approximate surface area is 69.9 Å². The SMILES string of the molecule is O=C(O)CCCCCC(=O)OO. The number of carboxylic acid groups (broad SMARTS) is 1. The molecule has 0 aromatic carbocycles. The van der Waals surface area contributed by atoms with E-state index in [0.717, 1.165) is 0 Å². The molecule has 0 saturated heterocycles. The summed E-state index contributed by atoms with van der Waals surface area (Å²) in [6, 6.07) is 0. The molecule has 0 aromatic rings. The minimum Gasteiger partial charge on any atom is -0.481 e. The van der Waals surface area contributed by atoms with E-state index in [1.165, 1.54) is 0 Å². The maximum atomic E-state index is 10.3. The summed E-state index contributed by atoms with van der Waals surface area (Å²) in [6.07, 6.45) is 2.01. The largest absolute Gasteiger partial charge is 0.481 e. The average Bonchev–Trinajstić information content (AvgIpc) is 2.03. The van der Waals surface area contributed by atoms with Crippen LogP contribution in [-0.2, 0) is 14.5 Å². The average molecular weight is 176 g/mol. The van der Waals surface area contributed by atoms with E-state index in [0.29, 0.717) is 19.3 Å². The summed E-state index contributed by atoms with van der Waals surface area (Å²) in [5.74, 6) is -1.51. The third-order valence-corrected chi connectivity index (χ3v) is 1.37. The van der Waals surface area contributed by atoms with Gasteiger partial charge in [-0.3, -0.25) is 4.79 Å². The van der Waals surface area contributed by atoms with Gasteiger partial charge in [-0.25, -0.2) is 4.79 Å². The van der Waals surface area contributed by atoms with E-state index in [4.69, 9.17) is 10.4 Å². The molecule has 5 heteroatoms. The van der Waals surface area contributed by atoms with Crippen LogP contribution in [0, 0.1) is 0 Å². The number of unbranched alkanes of at least 4 members (excludes halogenated alkanes) is 2. The van der Waals surface area contributed by atoms with Crippen LogP contribution in [-0.4, -0.2) is 22.3 Å². The third-order valence-electron chi connectivity index (χ3n) is 1.37. The maximum Gasteiger partial charge on any atom is 0.342 e. The first-order valence-electron chi connectivity index (χ1n) is 3.73. The maximum absolute atomic E-state index is 10.3. The summed E-state index contributed by atoms with van der Waals surface area (Å²) in [5, 5.41) is 16.1. The van der Waals surface area contributed by atoms with Crippen molar-refractivity contribution in [2.45, 2.75) is 32.1 Å². The van der Waals surface area contributed by atoms with E-state index in [2.05, 4.69) is 4.89 Å². The van der Waals surface area contributed by atoms with E-state index in [1.807, 2.05) is 0 Å². The summed E-state index contributed by atoms with van der Waals surface area (Å²) < 4.78 is 0. The summed E-state index contributed by atoms with van der Waals surface area (Å²) in [7, 11) is 0. The number of carbonyl (C=O) groups is 2. The molecule has 2 N–H and O–H groups in total. The second-order valence-electron chi connectivity index (χ2n) is 2.42. The Hall–Kier alpha value is -1.10. The van der Waals surface area contributed by atoms with E-state index >= 15 is 0 Å². The molecule has 5 nitrogen and oxygen atoms in total. The molecule has 0 aliphatic rings. The lowest BCUT2D eigenvalue weighted by Gasteiger charge is -1.96. The molecule has 0 saturated carbocycles. The van der Waals surface area contributed by atoms with Crippen molar-refractivity contribution in [2.75, 3.05) is 0 Å². The molecular formula is C7H12O5. The molecule has 70 valence electrons. The van der Waals surface area contributed by atoms with Gasteiger partial charge < -0.3 is 9.99 Å². The number of carboxylic acids is 1. The standard InChI is InChI=1S/C7H12O5/c8-6(9)4-2-1-3-5-7(10)12-11/h11H,1-5H2,(H,8,9). The highest BCUT2D eigenvalue weighted by Gasteiger charge is 2.01. The Morgan fingerprint density at radius 1 is 1.08 bits per heavy atom. The van der Waals surface area contributed by atoms with Crippen LogP contribution in [0.3, 0.4) is 0 Å². The van der Waals surface area contributed by atoms with Crippen molar-refractivity contribution in [3.8, 4) is 0 Å². The molecule has 0 bridgehead atoms. The number of rotatable bonds is 6. The van der Waals surface area contributed by atoms with Crippen LogP contribution in [0.4, 0.5) is 0 Å². The fourth-order valence-electron chi connectivity index (χ4n) is 0.768. The monoisotopic (exact) mass is 176 g/mol. The molecule has 0 amide bonds. The molecule has 0 atom stereocenters. The Kier molecular flexibility index (Phi) is 6.00. The Morgan fingerprint density at radius 2 is 1.67 bits per heavy atom. The summed E-state index contributed by atoms with van der Waals surface area (Å²) in [5.41, 5.74) is 0. The first-order chi connectivity index (χ1) is 5.66. The topological polar surface area (TPSA) is 83.8 Å². The normalized spacial score (nSPS) is 9.42. The quantitative estimate of drug-likeness (QED) is 0.359. The first kappa shape index (κ1) is 10.9. The predicted molar refractivity (Wildman–Crippen MR) is 39.4 cm³/mol. The van der Waals surface area contributed by atoms with E-state index in [9.17, 15) is 9.59 Å². The van der Waals surface area contributed by atoms with Crippen LogP contribution >= 0.6 is 0 Å². The highest BCUT2D eigenvalue weighted by molar-refractivity contribution is 5.68. The van der Waals surface area contributed by atoms with Crippen molar-refractivity contribution in [3.63, 3.8) is 0 Å². The van der Waals surface area contributed by atoms with Gasteiger partial charge in [0.25, 0.3) is 0 Å². The molecule has 0 radical (unpaired) electrons. The van der Waals surface area contributed by atoms with Crippen LogP contribution in [0.15, 0.2) is 0 Å². The van der Waals surface area contributed by atoms with Gasteiger partial charge in [-0.2, -0.15) is 5.26 Å². The summed E-state index contributed by atoms with van der Waals surface area (Å²) in [4.78, 5) is 23.8. The second-order valence-corrected chi connectivity index (χ2v) is 2.42. The lowest BCUT2D eigenvalue weighted by atomic mass is 10.1. The molecular weight excluding hydrogens is 164 g/mol. The zero-order valence-corrected chi connectivity index (χ0v) is 6.65. The summed E-state index contributed by atoms with van der Waals surface area (Å²) in [6.45, 7) is 0. The van der Waals surface area contributed by atoms with Crippen LogP contribution in [0.5, 0.6) is 0 Å². The minimum absolute atomic E-state index is 0.119. The van der Waals surface area contributed by atoms with Crippen molar-refractivity contribution >= 4 is 11.9 Å². The number of hydrogen-bond acceptors (Lipinski definition) is 4. The molecule has 0 aromatic heterocycles. The molecule has 12 heavy (non-hydrogen) atoms. The Balaban J connectivity index is 3.11.